The van der Waals surface area contributed by atoms with Gasteiger partial charge >= 0.3 is 12.0 Å². The number of hydrogen-bond acceptors (Lipinski definition) is 3. The predicted molar refractivity (Wildman–Crippen MR) is 74.4 cm³/mol. The molecule has 5 N–H and O–H groups in total. The van der Waals surface area contributed by atoms with Crippen LogP contribution in [0.3, 0.4) is 0 Å². The van der Waals surface area contributed by atoms with Gasteiger partial charge in [-0.05, 0) is 31.0 Å². The summed E-state index contributed by atoms with van der Waals surface area (Å²) in [5, 5.41) is 13.5. The van der Waals surface area contributed by atoms with Crippen molar-refractivity contribution in [3.63, 3.8) is 0 Å². The molecule has 0 saturated heterocycles. The molecule has 0 heterocycles. The maximum absolute atomic E-state index is 11.6. The van der Waals surface area contributed by atoms with Crippen LogP contribution in [-0.2, 0) is 9.59 Å². The normalized spacial score (nSPS) is 9.80. The van der Waals surface area contributed by atoms with Crippen molar-refractivity contribution in [3.8, 4) is 0 Å². The van der Waals surface area contributed by atoms with E-state index in [2.05, 4.69) is 10.6 Å². The van der Waals surface area contributed by atoms with Crippen LogP contribution in [0.5, 0.6) is 0 Å². The van der Waals surface area contributed by atoms with E-state index in [4.69, 9.17) is 10.8 Å². The lowest BCUT2D eigenvalue weighted by Crippen LogP contribution is -2.19. The van der Waals surface area contributed by atoms with E-state index in [0.717, 1.165) is 0 Å². The number of anilines is 2. The first-order valence-electron chi connectivity index (χ1n) is 6.15. The van der Waals surface area contributed by atoms with Gasteiger partial charge in [0, 0.05) is 24.2 Å². The summed E-state index contributed by atoms with van der Waals surface area (Å²) in [6.45, 7) is 0. The fourth-order valence-corrected chi connectivity index (χ4v) is 1.60. The molecule has 3 amide bonds. The van der Waals surface area contributed by atoms with Gasteiger partial charge in [-0.2, -0.15) is 0 Å². The molecule has 0 aromatic heterocycles. The molecule has 1 aromatic rings. The predicted octanol–water partition coefficient (Wildman–Crippen LogP) is 1.76. The molecule has 0 unspecified atom stereocenters. The Hall–Kier alpha value is -2.57. The number of nitrogens with two attached hydrogens (primary N) is 1. The molecule has 0 aliphatic rings. The Morgan fingerprint density at radius 2 is 1.65 bits per heavy atom. The number of benzene rings is 1. The van der Waals surface area contributed by atoms with E-state index in [-0.39, 0.29) is 18.7 Å². The summed E-state index contributed by atoms with van der Waals surface area (Å²) < 4.78 is 0. The third kappa shape index (κ3) is 6.39. The number of carbonyl (C=O) groups excluding carboxylic acids is 2. The number of carbonyl (C=O) groups is 3. The second kappa shape index (κ2) is 7.78. The van der Waals surface area contributed by atoms with Crippen LogP contribution in [0, 0.1) is 0 Å². The van der Waals surface area contributed by atoms with Gasteiger partial charge in [-0.15, -0.1) is 0 Å². The monoisotopic (exact) mass is 279 g/mol. The Kier molecular flexibility index (Phi) is 6.02. The smallest absolute Gasteiger partial charge is 0.316 e. The Morgan fingerprint density at radius 1 is 1.05 bits per heavy atom. The maximum atomic E-state index is 11.6. The van der Waals surface area contributed by atoms with Crippen molar-refractivity contribution in [1.82, 2.24) is 0 Å². The summed E-state index contributed by atoms with van der Waals surface area (Å²) in [5.41, 5.74) is 6.02. The third-order valence-corrected chi connectivity index (χ3v) is 2.46. The fourth-order valence-electron chi connectivity index (χ4n) is 1.60. The van der Waals surface area contributed by atoms with Gasteiger partial charge in [0.2, 0.25) is 5.91 Å². The number of urea groups is 1. The van der Waals surface area contributed by atoms with Gasteiger partial charge in [0.1, 0.15) is 0 Å². The van der Waals surface area contributed by atoms with Crippen LogP contribution in [-0.4, -0.2) is 23.0 Å². The molecule has 1 aromatic carbocycles. The second-order valence-corrected chi connectivity index (χ2v) is 4.22. The Balaban J connectivity index is 2.41. The Morgan fingerprint density at radius 3 is 2.25 bits per heavy atom. The van der Waals surface area contributed by atoms with Gasteiger partial charge in [-0.25, -0.2) is 4.79 Å². The third-order valence-electron chi connectivity index (χ3n) is 2.46. The van der Waals surface area contributed by atoms with Crippen molar-refractivity contribution in [1.29, 1.82) is 0 Å². The number of rotatable bonds is 7. The van der Waals surface area contributed by atoms with E-state index >= 15 is 0 Å². The zero-order valence-electron chi connectivity index (χ0n) is 10.9. The van der Waals surface area contributed by atoms with E-state index in [1.165, 1.54) is 0 Å². The van der Waals surface area contributed by atoms with E-state index in [0.29, 0.717) is 24.2 Å². The van der Waals surface area contributed by atoms with Crippen LogP contribution >= 0.6 is 0 Å². The number of nitrogens with one attached hydrogen (secondary N) is 2. The molecule has 0 aliphatic carbocycles. The molecule has 0 aliphatic heterocycles. The van der Waals surface area contributed by atoms with Crippen LogP contribution in [0.4, 0.5) is 16.2 Å². The minimum atomic E-state index is -0.865. The van der Waals surface area contributed by atoms with Gasteiger partial charge in [-0.3, -0.25) is 9.59 Å². The molecule has 0 spiro atoms. The van der Waals surface area contributed by atoms with Crippen LogP contribution in [0.2, 0.25) is 0 Å². The number of unbranched alkanes of at least 4 members (excludes halogenated alkanes) is 1. The first-order valence-corrected chi connectivity index (χ1v) is 6.15. The summed E-state index contributed by atoms with van der Waals surface area (Å²) in [4.78, 5) is 32.6. The second-order valence-electron chi connectivity index (χ2n) is 4.22. The maximum Gasteiger partial charge on any atom is 0.316 e. The standard InChI is InChI=1S/C13H17N3O4/c14-13(20)16-10-5-3-4-9(8-10)15-11(17)6-1-2-7-12(18)19/h3-5,8H,1-2,6-7H2,(H,15,17)(H,18,19)(H3,14,16,20). The molecule has 0 bridgehead atoms. The zero-order valence-corrected chi connectivity index (χ0v) is 10.9. The van der Waals surface area contributed by atoms with Crippen LogP contribution in [0.25, 0.3) is 0 Å². The van der Waals surface area contributed by atoms with E-state index < -0.39 is 12.0 Å². The van der Waals surface area contributed by atoms with Crippen molar-refractivity contribution >= 4 is 29.3 Å². The number of hydrogen-bond donors (Lipinski definition) is 4. The highest BCUT2D eigenvalue weighted by Gasteiger charge is 2.04. The van der Waals surface area contributed by atoms with Gasteiger partial charge < -0.3 is 21.5 Å². The summed E-state index contributed by atoms with van der Waals surface area (Å²) in [7, 11) is 0. The van der Waals surface area contributed by atoms with Crippen molar-refractivity contribution < 1.29 is 19.5 Å². The molecule has 0 atom stereocenters. The van der Waals surface area contributed by atoms with Crippen molar-refractivity contribution in [2.45, 2.75) is 25.7 Å². The number of primary amides is 1. The lowest BCUT2D eigenvalue weighted by Gasteiger charge is -2.07. The summed E-state index contributed by atoms with van der Waals surface area (Å²) >= 11 is 0. The molecule has 20 heavy (non-hydrogen) atoms. The van der Waals surface area contributed by atoms with Gasteiger partial charge in [-0.1, -0.05) is 6.07 Å². The number of carboxylic acid groups (broad SMARTS) is 1. The molecular weight excluding hydrogens is 262 g/mol. The van der Waals surface area contributed by atoms with E-state index in [1.807, 2.05) is 0 Å². The Bertz CT molecular complexity index is 502. The lowest BCUT2D eigenvalue weighted by molar-refractivity contribution is -0.137. The quantitative estimate of drug-likeness (QED) is 0.568. The summed E-state index contributed by atoms with van der Waals surface area (Å²) in [5.74, 6) is -1.07. The molecule has 0 saturated carbocycles. The number of carboxylic acids is 1. The van der Waals surface area contributed by atoms with Gasteiger partial charge in [0.25, 0.3) is 0 Å². The van der Waals surface area contributed by atoms with E-state index in [1.54, 1.807) is 24.3 Å². The number of aliphatic carboxylic acids is 1. The Labute approximate surface area is 116 Å². The highest BCUT2D eigenvalue weighted by atomic mass is 16.4. The molecule has 0 radical (unpaired) electrons. The minimum Gasteiger partial charge on any atom is -0.481 e. The van der Waals surface area contributed by atoms with Gasteiger partial charge in [0.15, 0.2) is 0 Å². The largest absolute Gasteiger partial charge is 0.481 e. The van der Waals surface area contributed by atoms with E-state index in [9.17, 15) is 14.4 Å². The SMILES string of the molecule is NC(=O)Nc1cccc(NC(=O)CCCCC(=O)O)c1. The summed E-state index contributed by atoms with van der Waals surface area (Å²) in [6.07, 6.45) is 1.29. The average Bonchev–Trinajstić information content (AvgIpc) is 2.34. The molecule has 1 rings (SSSR count). The average molecular weight is 279 g/mol. The first kappa shape index (κ1) is 15.5. The number of amides is 3. The molecule has 108 valence electrons. The van der Waals surface area contributed by atoms with Gasteiger partial charge in [0.05, 0.1) is 0 Å². The topological polar surface area (TPSA) is 122 Å². The highest BCUT2D eigenvalue weighted by molar-refractivity contribution is 5.93. The van der Waals surface area contributed by atoms with Crippen molar-refractivity contribution in [3.05, 3.63) is 24.3 Å². The molecular formula is C13H17N3O4. The van der Waals surface area contributed by atoms with Crippen LogP contribution < -0.4 is 16.4 Å². The first-order chi connectivity index (χ1) is 9.47. The van der Waals surface area contributed by atoms with Crippen molar-refractivity contribution in [2.24, 2.45) is 5.73 Å². The molecule has 7 nitrogen and oxygen atoms in total. The van der Waals surface area contributed by atoms with Crippen LogP contribution in [0.1, 0.15) is 25.7 Å². The summed E-state index contributed by atoms with van der Waals surface area (Å²) in [6, 6.07) is 5.90. The van der Waals surface area contributed by atoms with Crippen LogP contribution in [0.15, 0.2) is 24.3 Å². The lowest BCUT2D eigenvalue weighted by atomic mass is 10.2. The van der Waals surface area contributed by atoms with Crippen molar-refractivity contribution in [2.75, 3.05) is 10.6 Å². The zero-order chi connectivity index (χ0) is 15.0. The minimum absolute atomic E-state index is 0.0608. The highest BCUT2D eigenvalue weighted by Crippen LogP contribution is 2.15. The molecule has 0 fully saturated rings. The fraction of sp³-hybridized carbons (Fsp3) is 0.308. The molecule has 7 heteroatoms.